The lowest BCUT2D eigenvalue weighted by Gasteiger charge is -2.08. The van der Waals surface area contributed by atoms with Crippen LogP contribution in [-0.2, 0) is 0 Å². The van der Waals surface area contributed by atoms with Gasteiger partial charge in [0.1, 0.15) is 6.20 Å². The minimum atomic E-state index is 0.433. The highest BCUT2D eigenvalue weighted by atomic mass is 14.9. The molecule has 15 heavy (non-hydrogen) atoms. The number of benzene rings is 1. The maximum Gasteiger partial charge on any atom is 0.277 e. The van der Waals surface area contributed by atoms with E-state index in [1.807, 2.05) is 24.4 Å². The first-order chi connectivity index (χ1) is 7.24. The molecule has 1 heterocycles. The van der Waals surface area contributed by atoms with Gasteiger partial charge in [0.15, 0.2) is 0 Å². The molecule has 74 valence electrons. The Morgan fingerprint density at radius 2 is 1.87 bits per heavy atom. The van der Waals surface area contributed by atoms with Crippen LogP contribution >= 0.6 is 0 Å². The topological polar surface area (TPSA) is 17.2 Å². The summed E-state index contributed by atoms with van der Waals surface area (Å²) in [7, 11) is 0. The van der Waals surface area contributed by atoms with Crippen LogP contribution in [-0.4, -0.2) is 4.98 Å². The van der Waals surface area contributed by atoms with Crippen molar-refractivity contribution in [2.75, 3.05) is 0 Å². The van der Waals surface area contributed by atoms with Crippen LogP contribution in [0.3, 0.4) is 0 Å². The molecule has 0 radical (unpaired) electrons. The van der Waals surface area contributed by atoms with Gasteiger partial charge >= 0.3 is 0 Å². The van der Waals surface area contributed by atoms with Gasteiger partial charge < -0.3 is 4.85 Å². The van der Waals surface area contributed by atoms with Crippen molar-refractivity contribution in [3.05, 3.63) is 47.4 Å². The summed E-state index contributed by atoms with van der Waals surface area (Å²) < 4.78 is 0. The van der Waals surface area contributed by atoms with Gasteiger partial charge in [-0.05, 0) is 11.3 Å². The van der Waals surface area contributed by atoms with E-state index in [1.54, 1.807) is 0 Å². The predicted octanol–water partition coefficient (Wildman–Crippen LogP) is 3.91. The quantitative estimate of drug-likeness (QED) is 0.632. The van der Waals surface area contributed by atoms with Gasteiger partial charge in [0.2, 0.25) is 0 Å². The Kier molecular flexibility index (Phi) is 2.39. The second kappa shape index (κ2) is 3.70. The van der Waals surface area contributed by atoms with Crippen LogP contribution in [0.2, 0.25) is 0 Å². The summed E-state index contributed by atoms with van der Waals surface area (Å²) in [6, 6.07) is 7.97. The molecule has 1 aromatic heterocycles. The second-order valence-corrected chi connectivity index (χ2v) is 3.85. The fourth-order valence-electron chi connectivity index (χ4n) is 1.75. The first-order valence-corrected chi connectivity index (χ1v) is 4.99. The smallest absolute Gasteiger partial charge is 0.277 e. The molecule has 1 aromatic carbocycles. The van der Waals surface area contributed by atoms with Crippen molar-refractivity contribution in [2.45, 2.75) is 19.8 Å². The minimum absolute atomic E-state index is 0.433. The molecule has 0 amide bonds. The predicted molar refractivity (Wildman–Crippen MR) is 62.1 cm³/mol. The molecule has 0 fully saturated rings. The number of fused-ring (bicyclic) bond motifs is 1. The second-order valence-electron chi connectivity index (χ2n) is 3.85. The highest BCUT2D eigenvalue weighted by Gasteiger charge is 2.10. The molecule has 0 atom stereocenters. The third kappa shape index (κ3) is 1.57. The molecule has 2 rings (SSSR count). The summed E-state index contributed by atoms with van der Waals surface area (Å²) >= 11 is 0. The fourth-order valence-corrected chi connectivity index (χ4v) is 1.75. The van der Waals surface area contributed by atoms with E-state index in [-0.39, 0.29) is 0 Å². The minimum Gasteiger partial charge on any atom is -0.360 e. The normalized spacial score (nSPS) is 10.5. The molecule has 0 bridgehead atoms. The maximum absolute atomic E-state index is 7.07. The largest absolute Gasteiger partial charge is 0.360 e. The van der Waals surface area contributed by atoms with Crippen LogP contribution in [0.1, 0.15) is 25.3 Å². The van der Waals surface area contributed by atoms with Gasteiger partial charge in [0.25, 0.3) is 5.82 Å². The zero-order valence-electron chi connectivity index (χ0n) is 8.86. The number of hydrogen-bond donors (Lipinski definition) is 0. The highest BCUT2D eigenvalue weighted by Crippen LogP contribution is 2.29. The Hall–Kier alpha value is -1.88. The van der Waals surface area contributed by atoms with E-state index < -0.39 is 0 Å². The lowest BCUT2D eigenvalue weighted by Crippen LogP contribution is -1.91. The molecule has 0 aliphatic heterocycles. The van der Waals surface area contributed by atoms with E-state index in [0.717, 1.165) is 10.8 Å². The molecule has 0 saturated carbocycles. The lowest BCUT2D eigenvalue weighted by molar-refractivity contribution is 0.870. The van der Waals surface area contributed by atoms with Gasteiger partial charge in [-0.2, -0.15) is 0 Å². The number of nitrogens with zero attached hydrogens (tertiary/aromatic N) is 2. The molecule has 0 spiro atoms. The number of aromatic nitrogens is 1. The molecular weight excluding hydrogens is 184 g/mol. The summed E-state index contributed by atoms with van der Waals surface area (Å²) in [4.78, 5) is 7.63. The molecule has 2 heteroatoms. The summed E-state index contributed by atoms with van der Waals surface area (Å²) in [5.41, 5.74) is 1.21. The molecule has 0 aliphatic carbocycles. The molecular formula is C13H12N2. The van der Waals surface area contributed by atoms with Gasteiger partial charge in [-0.3, -0.25) is 0 Å². The summed E-state index contributed by atoms with van der Waals surface area (Å²) in [6.45, 7) is 11.3. The average molecular weight is 196 g/mol. The SMILES string of the molecule is [C-]#[N+]c1ncc(C(C)C)c2ccccc12. The van der Waals surface area contributed by atoms with Crippen LogP contribution in [0.25, 0.3) is 15.6 Å². The molecule has 2 aromatic rings. The van der Waals surface area contributed by atoms with Crippen molar-refractivity contribution in [1.29, 1.82) is 0 Å². The zero-order valence-corrected chi connectivity index (χ0v) is 8.86. The van der Waals surface area contributed by atoms with Crippen LogP contribution in [0.15, 0.2) is 30.5 Å². The van der Waals surface area contributed by atoms with Gasteiger partial charge in [0.05, 0.1) is 0 Å². The first-order valence-electron chi connectivity index (χ1n) is 4.99. The Morgan fingerprint density at radius 1 is 1.20 bits per heavy atom. The van der Waals surface area contributed by atoms with E-state index in [2.05, 4.69) is 29.7 Å². The number of pyridine rings is 1. The van der Waals surface area contributed by atoms with Crippen molar-refractivity contribution < 1.29 is 0 Å². The van der Waals surface area contributed by atoms with E-state index >= 15 is 0 Å². The van der Waals surface area contributed by atoms with Crippen molar-refractivity contribution >= 4 is 16.6 Å². The standard InChI is InChI=1S/C13H12N2/c1-9(2)12-8-15-13(14-3)11-7-5-4-6-10(11)12/h4-9H,1-2H3. The fraction of sp³-hybridized carbons (Fsp3) is 0.231. The Labute approximate surface area is 89.4 Å². The summed E-state index contributed by atoms with van der Waals surface area (Å²) in [6.07, 6.45) is 1.82. The van der Waals surface area contributed by atoms with Crippen molar-refractivity contribution in [1.82, 2.24) is 4.98 Å². The first kappa shape index (κ1) is 9.67. The molecule has 0 saturated heterocycles. The van der Waals surface area contributed by atoms with Gasteiger partial charge in [-0.25, -0.2) is 0 Å². The number of rotatable bonds is 1. The Morgan fingerprint density at radius 3 is 2.47 bits per heavy atom. The molecule has 0 unspecified atom stereocenters. The lowest BCUT2D eigenvalue weighted by atomic mass is 9.98. The summed E-state index contributed by atoms with van der Waals surface area (Å²) in [5.74, 6) is 0.928. The van der Waals surface area contributed by atoms with Crippen molar-refractivity contribution in [3.8, 4) is 0 Å². The van der Waals surface area contributed by atoms with Crippen molar-refractivity contribution in [3.63, 3.8) is 0 Å². The van der Waals surface area contributed by atoms with Gasteiger partial charge in [-0.1, -0.05) is 44.7 Å². The monoisotopic (exact) mass is 196 g/mol. The van der Waals surface area contributed by atoms with E-state index in [1.165, 1.54) is 5.56 Å². The van der Waals surface area contributed by atoms with E-state index in [4.69, 9.17) is 6.57 Å². The highest BCUT2D eigenvalue weighted by molar-refractivity contribution is 5.94. The van der Waals surface area contributed by atoms with E-state index in [0.29, 0.717) is 11.7 Å². The summed E-state index contributed by atoms with van der Waals surface area (Å²) in [5, 5.41) is 2.10. The van der Waals surface area contributed by atoms with Crippen LogP contribution < -0.4 is 0 Å². The Balaban J connectivity index is 2.85. The van der Waals surface area contributed by atoms with Gasteiger partial charge in [-0.15, -0.1) is 4.98 Å². The third-order valence-corrected chi connectivity index (χ3v) is 2.53. The molecule has 2 nitrogen and oxygen atoms in total. The van der Waals surface area contributed by atoms with Crippen LogP contribution in [0.4, 0.5) is 5.82 Å². The maximum atomic E-state index is 7.07. The molecule has 0 N–H and O–H groups in total. The van der Waals surface area contributed by atoms with Crippen LogP contribution in [0, 0.1) is 6.57 Å². The van der Waals surface area contributed by atoms with Crippen LogP contribution in [0.5, 0.6) is 0 Å². The average Bonchev–Trinajstić information content (AvgIpc) is 2.27. The Bertz CT molecular complexity index is 536. The zero-order chi connectivity index (χ0) is 10.8. The number of hydrogen-bond acceptors (Lipinski definition) is 1. The van der Waals surface area contributed by atoms with Gasteiger partial charge in [0, 0.05) is 10.9 Å². The van der Waals surface area contributed by atoms with Crippen molar-refractivity contribution in [2.24, 2.45) is 0 Å². The third-order valence-electron chi connectivity index (χ3n) is 2.53. The van der Waals surface area contributed by atoms with E-state index in [9.17, 15) is 0 Å². The molecule has 0 aliphatic rings.